The van der Waals surface area contributed by atoms with Crippen LogP contribution in [0.2, 0.25) is 0 Å². The standard InChI is InChI=1S/C24H15FN4O4/c25-16-5-1-4-15(10-16)22(30)29-19-6-2-3-14-11-20(27-21(14)19)23(31)28-18-8-7-13(12-26)9-17(18)24(32)33/h1-11,27H,(H,28,31)(H,29,30)(H,32,33). The smallest absolute Gasteiger partial charge is 0.337 e. The van der Waals surface area contributed by atoms with E-state index in [-0.39, 0.29) is 28.1 Å². The van der Waals surface area contributed by atoms with Crippen molar-refractivity contribution in [2.45, 2.75) is 0 Å². The molecule has 0 aliphatic carbocycles. The normalized spacial score (nSPS) is 10.4. The predicted octanol–water partition coefficient (Wildman–Crippen LogP) is 4.38. The zero-order chi connectivity index (χ0) is 23.5. The SMILES string of the molecule is N#Cc1ccc(NC(=O)c2cc3cccc(NC(=O)c4cccc(F)c4)c3[nH]2)c(C(=O)O)c1. The van der Waals surface area contributed by atoms with Gasteiger partial charge in [0.2, 0.25) is 0 Å². The van der Waals surface area contributed by atoms with Gasteiger partial charge in [0.15, 0.2) is 0 Å². The van der Waals surface area contributed by atoms with Gasteiger partial charge in [-0.15, -0.1) is 0 Å². The number of nitrogens with zero attached hydrogens (tertiary/aromatic N) is 1. The summed E-state index contributed by atoms with van der Waals surface area (Å²) in [6.07, 6.45) is 0. The van der Waals surface area contributed by atoms with Crippen LogP contribution in [0.4, 0.5) is 15.8 Å². The fourth-order valence-corrected chi connectivity index (χ4v) is 3.30. The Morgan fingerprint density at radius 2 is 1.67 bits per heavy atom. The maximum absolute atomic E-state index is 13.4. The van der Waals surface area contributed by atoms with Gasteiger partial charge in [0.25, 0.3) is 11.8 Å². The van der Waals surface area contributed by atoms with Crippen LogP contribution < -0.4 is 10.6 Å². The van der Waals surface area contributed by atoms with E-state index in [1.54, 1.807) is 24.3 Å². The highest BCUT2D eigenvalue weighted by Gasteiger charge is 2.17. The zero-order valence-corrected chi connectivity index (χ0v) is 16.8. The molecule has 0 atom stereocenters. The summed E-state index contributed by atoms with van der Waals surface area (Å²) in [5.41, 5.74) is 1.06. The van der Waals surface area contributed by atoms with Crippen LogP contribution in [-0.4, -0.2) is 27.9 Å². The molecule has 0 saturated heterocycles. The monoisotopic (exact) mass is 442 g/mol. The van der Waals surface area contributed by atoms with Gasteiger partial charge in [-0.1, -0.05) is 18.2 Å². The lowest BCUT2D eigenvalue weighted by Gasteiger charge is -2.08. The number of amides is 2. The molecule has 0 saturated carbocycles. The number of aromatic nitrogens is 1. The highest BCUT2D eigenvalue weighted by Crippen LogP contribution is 2.25. The molecule has 162 valence electrons. The molecule has 0 spiro atoms. The van der Waals surface area contributed by atoms with Crippen LogP contribution in [0.25, 0.3) is 10.9 Å². The van der Waals surface area contributed by atoms with Crippen LogP contribution >= 0.6 is 0 Å². The molecule has 4 N–H and O–H groups in total. The Bertz CT molecular complexity index is 1470. The van der Waals surface area contributed by atoms with Gasteiger partial charge in [0.1, 0.15) is 11.5 Å². The van der Waals surface area contributed by atoms with E-state index in [4.69, 9.17) is 5.26 Å². The molecule has 1 aromatic heterocycles. The second kappa shape index (κ2) is 8.64. The number of hydrogen-bond acceptors (Lipinski definition) is 4. The number of anilines is 2. The number of nitrogens with one attached hydrogen (secondary N) is 3. The van der Waals surface area contributed by atoms with Gasteiger partial charge in [0, 0.05) is 10.9 Å². The van der Waals surface area contributed by atoms with E-state index in [0.29, 0.717) is 16.6 Å². The molecule has 0 fully saturated rings. The van der Waals surface area contributed by atoms with Gasteiger partial charge in [-0.3, -0.25) is 9.59 Å². The molecule has 0 radical (unpaired) electrons. The Kier molecular flexibility index (Phi) is 5.57. The number of carboxylic acid groups (broad SMARTS) is 1. The summed E-state index contributed by atoms with van der Waals surface area (Å²) in [6, 6.07) is 17.6. The number of rotatable bonds is 5. The van der Waals surface area contributed by atoms with Crippen LogP contribution in [0, 0.1) is 17.1 Å². The quantitative estimate of drug-likeness (QED) is 0.364. The lowest BCUT2D eigenvalue weighted by molar-refractivity contribution is 0.0697. The first-order valence-electron chi connectivity index (χ1n) is 9.63. The van der Waals surface area contributed by atoms with E-state index >= 15 is 0 Å². The van der Waals surface area contributed by atoms with Crippen LogP contribution in [0.5, 0.6) is 0 Å². The number of halogens is 1. The number of para-hydroxylation sites is 1. The minimum atomic E-state index is -1.29. The van der Waals surface area contributed by atoms with Gasteiger partial charge in [0.05, 0.1) is 34.1 Å². The summed E-state index contributed by atoms with van der Waals surface area (Å²) >= 11 is 0. The molecule has 3 aromatic carbocycles. The first-order valence-corrected chi connectivity index (χ1v) is 9.63. The fourth-order valence-electron chi connectivity index (χ4n) is 3.30. The Labute approximate surface area is 186 Å². The van der Waals surface area contributed by atoms with Crippen molar-refractivity contribution >= 4 is 40.1 Å². The van der Waals surface area contributed by atoms with Gasteiger partial charge >= 0.3 is 5.97 Å². The Morgan fingerprint density at radius 1 is 0.909 bits per heavy atom. The number of H-pyrrole nitrogens is 1. The number of aromatic amines is 1. The number of carbonyl (C=O) groups is 3. The average Bonchev–Trinajstić information content (AvgIpc) is 3.25. The number of aromatic carboxylic acids is 1. The molecule has 4 rings (SSSR count). The Morgan fingerprint density at radius 3 is 2.39 bits per heavy atom. The molecule has 1 heterocycles. The third-order valence-corrected chi connectivity index (χ3v) is 4.86. The van der Waals surface area contributed by atoms with Crippen molar-refractivity contribution in [3.05, 3.63) is 94.9 Å². The van der Waals surface area contributed by atoms with E-state index in [0.717, 1.165) is 6.07 Å². The van der Waals surface area contributed by atoms with E-state index < -0.39 is 23.6 Å². The summed E-state index contributed by atoms with van der Waals surface area (Å²) in [6.45, 7) is 0. The highest BCUT2D eigenvalue weighted by atomic mass is 19.1. The van der Waals surface area contributed by atoms with Crippen molar-refractivity contribution in [1.82, 2.24) is 4.98 Å². The molecule has 33 heavy (non-hydrogen) atoms. The van der Waals surface area contributed by atoms with Crippen LogP contribution in [0.15, 0.2) is 66.7 Å². The lowest BCUT2D eigenvalue weighted by Crippen LogP contribution is -2.15. The first-order chi connectivity index (χ1) is 15.9. The number of hydrogen-bond donors (Lipinski definition) is 4. The van der Waals surface area contributed by atoms with E-state index in [1.165, 1.54) is 36.4 Å². The fraction of sp³-hybridized carbons (Fsp3) is 0. The van der Waals surface area contributed by atoms with Crippen LogP contribution in [0.3, 0.4) is 0 Å². The minimum Gasteiger partial charge on any atom is -0.478 e. The average molecular weight is 442 g/mol. The minimum absolute atomic E-state index is 0.0322. The maximum Gasteiger partial charge on any atom is 0.337 e. The topological polar surface area (TPSA) is 135 Å². The van der Waals surface area contributed by atoms with Crippen molar-refractivity contribution in [3.8, 4) is 6.07 Å². The number of carbonyl (C=O) groups excluding carboxylic acids is 2. The molecular weight excluding hydrogens is 427 g/mol. The van der Waals surface area contributed by atoms with Crippen molar-refractivity contribution in [1.29, 1.82) is 5.26 Å². The number of carboxylic acids is 1. The molecule has 0 bridgehead atoms. The molecule has 8 nitrogen and oxygen atoms in total. The largest absolute Gasteiger partial charge is 0.478 e. The number of fused-ring (bicyclic) bond motifs is 1. The Hall–Kier alpha value is -4.97. The van der Waals surface area contributed by atoms with Crippen molar-refractivity contribution in [3.63, 3.8) is 0 Å². The predicted molar refractivity (Wildman–Crippen MR) is 119 cm³/mol. The number of nitriles is 1. The van der Waals surface area contributed by atoms with Crippen LogP contribution in [0.1, 0.15) is 36.8 Å². The molecular formula is C24H15FN4O4. The van der Waals surface area contributed by atoms with Gasteiger partial charge in [-0.2, -0.15) is 5.26 Å². The first kappa shape index (κ1) is 21.3. The van der Waals surface area contributed by atoms with Gasteiger partial charge in [-0.25, -0.2) is 9.18 Å². The molecule has 0 aliphatic rings. The van der Waals surface area contributed by atoms with Crippen molar-refractivity contribution < 1.29 is 23.9 Å². The zero-order valence-electron chi connectivity index (χ0n) is 16.8. The highest BCUT2D eigenvalue weighted by molar-refractivity contribution is 6.12. The maximum atomic E-state index is 13.4. The van der Waals surface area contributed by atoms with Gasteiger partial charge < -0.3 is 20.7 Å². The molecule has 9 heteroatoms. The van der Waals surface area contributed by atoms with Crippen molar-refractivity contribution in [2.24, 2.45) is 0 Å². The molecule has 0 unspecified atom stereocenters. The van der Waals surface area contributed by atoms with Gasteiger partial charge in [-0.05, 0) is 48.5 Å². The third kappa shape index (κ3) is 4.40. The van der Waals surface area contributed by atoms with E-state index in [9.17, 15) is 23.9 Å². The van der Waals surface area contributed by atoms with E-state index in [2.05, 4.69) is 15.6 Å². The molecule has 2 amide bonds. The summed E-state index contributed by atoms with van der Waals surface area (Å²) < 4.78 is 13.4. The van der Waals surface area contributed by atoms with E-state index in [1.807, 2.05) is 6.07 Å². The van der Waals surface area contributed by atoms with Crippen LogP contribution in [-0.2, 0) is 0 Å². The second-order valence-corrected chi connectivity index (χ2v) is 7.05. The third-order valence-electron chi connectivity index (χ3n) is 4.86. The molecule has 4 aromatic rings. The number of benzene rings is 3. The summed E-state index contributed by atoms with van der Waals surface area (Å²) in [4.78, 5) is 39.7. The molecule has 0 aliphatic heterocycles. The summed E-state index contributed by atoms with van der Waals surface area (Å²) in [5, 5.41) is 24.2. The Balaban J connectivity index is 1.62. The second-order valence-electron chi connectivity index (χ2n) is 7.05. The summed E-state index contributed by atoms with van der Waals surface area (Å²) in [5.74, 6) is -2.96. The lowest BCUT2D eigenvalue weighted by atomic mass is 10.1. The van der Waals surface area contributed by atoms with Crippen molar-refractivity contribution in [2.75, 3.05) is 10.6 Å². The summed E-state index contributed by atoms with van der Waals surface area (Å²) in [7, 11) is 0.